The number of nitrogens with zero attached hydrogens (tertiary/aromatic N) is 1. The van der Waals surface area contributed by atoms with Crippen LogP contribution in [-0.2, 0) is 4.79 Å². The molecule has 0 aliphatic rings. The zero-order chi connectivity index (χ0) is 18.1. The molecule has 0 atom stereocenters. The molecule has 0 aliphatic heterocycles. The fourth-order valence-electron chi connectivity index (χ4n) is 2.00. The SMILES string of the molecule is COc1ccc(C=NNC(=O)CNC(=O)c2ccccc2)cc1OC. The molecule has 0 unspecified atom stereocenters. The van der Waals surface area contributed by atoms with E-state index in [9.17, 15) is 9.59 Å². The zero-order valence-electron chi connectivity index (χ0n) is 14.0. The lowest BCUT2D eigenvalue weighted by molar-refractivity contribution is -0.120. The van der Waals surface area contributed by atoms with E-state index in [0.29, 0.717) is 17.1 Å². The van der Waals surface area contributed by atoms with Crippen molar-refractivity contribution in [2.45, 2.75) is 0 Å². The first-order chi connectivity index (χ1) is 12.1. The molecule has 0 aromatic heterocycles. The summed E-state index contributed by atoms with van der Waals surface area (Å²) >= 11 is 0. The highest BCUT2D eigenvalue weighted by molar-refractivity contribution is 5.96. The summed E-state index contributed by atoms with van der Waals surface area (Å²) in [6.07, 6.45) is 1.47. The number of ether oxygens (including phenoxy) is 2. The summed E-state index contributed by atoms with van der Waals surface area (Å²) in [7, 11) is 3.09. The molecule has 0 aliphatic carbocycles. The third-order valence-electron chi connectivity index (χ3n) is 3.26. The van der Waals surface area contributed by atoms with Crippen LogP contribution in [0, 0.1) is 0 Å². The summed E-state index contributed by atoms with van der Waals surface area (Å²) in [6, 6.07) is 13.9. The quantitative estimate of drug-likeness (QED) is 0.591. The van der Waals surface area contributed by atoms with E-state index in [-0.39, 0.29) is 12.5 Å². The van der Waals surface area contributed by atoms with Gasteiger partial charge in [0.15, 0.2) is 11.5 Å². The molecule has 2 rings (SSSR count). The van der Waals surface area contributed by atoms with Gasteiger partial charge in [0.05, 0.1) is 27.0 Å². The van der Waals surface area contributed by atoms with Gasteiger partial charge in [-0.05, 0) is 35.9 Å². The number of carbonyl (C=O) groups excluding carboxylic acids is 2. The van der Waals surface area contributed by atoms with Crippen LogP contribution in [0.15, 0.2) is 53.6 Å². The Morgan fingerprint density at radius 2 is 1.76 bits per heavy atom. The van der Waals surface area contributed by atoms with Crippen LogP contribution >= 0.6 is 0 Å². The largest absolute Gasteiger partial charge is 0.493 e. The van der Waals surface area contributed by atoms with Gasteiger partial charge in [0.2, 0.25) is 0 Å². The number of benzene rings is 2. The second-order valence-corrected chi connectivity index (χ2v) is 4.96. The number of amides is 2. The minimum absolute atomic E-state index is 0.170. The average Bonchev–Trinajstić information content (AvgIpc) is 2.66. The van der Waals surface area contributed by atoms with Gasteiger partial charge in [0.1, 0.15) is 0 Å². The minimum atomic E-state index is -0.430. The van der Waals surface area contributed by atoms with Crippen LogP contribution in [0.3, 0.4) is 0 Å². The zero-order valence-corrected chi connectivity index (χ0v) is 14.0. The Hall–Kier alpha value is -3.35. The van der Waals surface area contributed by atoms with Crippen LogP contribution in [0.2, 0.25) is 0 Å². The first kappa shape index (κ1) is 18.0. The summed E-state index contributed by atoms with van der Waals surface area (Å²) in [6.45, 7) is -0.170. The number of carbonyl (C=O) groups is 2. The Kier molecular flexibility index (Phi) is 6.53. The molecule has 2 aromatic rings. The summed E-state index contributed by atoms with van der Waals surface area (Å²) < 4.78 is 10.3. The average molecular weight is 341 g/mol. The molecular weight excluding hydrogens is 322 g/mol. The molecule has 130 valence electrons. The van der Waals surface area contributed by atoms with Crippen LogP contribution < -0.4 is 20.2 Å². The van der Waals surface area contributed by atoms with Crippen LogP contribution in [0.25, 0.3) is 0 Å². The molecule has 0 saturated heterocycles. The summed E-state index contributed by atoms with van der Waals surface area (Å²) in [5, 5.41) is 6.37. The summed E-state index contributed by atoms with van der Waals surface area (Å²) in [5.74, 6) is 0.417. The summed E-state index contributed by atoms with van der Waals surface area (Å²) in [4.78, 5) is 23.5. The van der Waals surface area contributed by atoms with Gasteiger partial charge in [-0.2, -0.15) is 5.10 Å². The van der Waals surface area contributed by atoms with Crippen molar-refractivity contribution in [2.75, 3.05) is 20.8 Å². The van der Waals surface area contributed by atoms with E-state index in [1.807, 2.05) is 6.07 Å². The predicted octanol–water partition coefficient (Wildman–Crippen LogP) is 1.58. The Balaban J connectivity index is 1.83. The highest BCUT2D eigenvalue weighted by Crippen LogP contribution is 2.26. The maximum atomic E-state index is 11.8. The Morgan fingerprint density at radius 1 is 1.04 bits per heavy atom. The lowest BCUT2D eigenvalue weighted by atomic mass is 10.2. The third kappa shape index (κ3) is 5.35. The molecule has 0 fully saturated rings. The highest BCUT2D eigenvalue weighted by Gasteiger charge is 2.07. The van der Waals surface area contributed by atoms with Crippen LogP contribution in [-0.4, -0.2) is 38.8 Å². The number of hydrogen-bond donors (Lipinski definition) is 2. The maximum absolute atomic E-state index is 11.8. The van der Waals surface area contributed by atoms with Gasteiger partial charge in [0, 0.05) is 5.56 Å². The molecule has 7 nitrogen and oxygen atoms in total. The van der Waals surface area contributed by atoms with Crippen molar-refractivity contribution in [3.05, 3.63) is 59.7 Å². The monoisotopic (exact) mass is 341 g/mol. The van der Waals surface area contributed by atoms with E-state index >= 15 is 0 Å². The van der Waals surface area contributed by atoms with Crippen molar-refractivity contribution in [1.29, 1.82) is 0 Å². The fourth-order valence-corrected chi connectivity index (χ4v) is 2.00. The van der Waals surface area contributed by atoms with E-state index in [4.69, 9.17) is 9.47 Å². The normalized spacial score (nSPS) is 10.3. The van der Waals surface area contributed by atoms with Gasteiger partial charge in [-0.1, -0.05) is 18.2 Å². The number of rotatable bonds is 7. The number of nitrogens with one attached hydrogen (secondary N) is 2. The summed E-state index contributed by atoms with van der Waals surface area (Å²) in [5.41, 5.74) is 3.57. The highest BCUT2D eigenvalue weighted by atomic mass is 16.5. The molecule has 2 N–H and O–H groups in total. The predicted molar refractivity (Wildman–Crippen MR) is 94.1 cm³/mol. The van der Waals surface area contributed by atoms with Gasteiger partial charge in [-0.15, -0.1) is 0 Å². The van der Waals surface area contributed by atoms with Crippen LogP contribution in [0.1, 0.15) is 15.9 Å². The standard InChI is InChI=1S/C18H19N3O4/c1-24-15-9-8-13(10-16(15)25-2)11-20-21-17(22)12-19-18(23)14-6-4-3-5-7-14/h3-11H,12H2,1-2H3,(H,19,23)(H,21,22). The second-order valence-electron chi connectivity index (χ2n) is 4.96. The topological polar surface area (TPSA) is 89.0 Å². The molecular formula is C18H19N3O4. The van der Waals surface area contributed by atoms with Crippen molar-refractivity contribution >= 4 is 18.0 Å². The number of hydrazone groups is 1. The third-order valence-corrected chi connectivity index (χ3v) is 3.26. The van der Waals surface area contributed by atoms with E-state index in [0.717, 1.165) is 5.56 Å². The van der Waals surface area contributed by atoms with Gasteiger partial charge < -0.3 is 14.8 Å². The van der Waals surface area contributed by atoms with Crippen molar-refractivity contribution in [3.63, 3.8) is 0 Å². The Morgan fingerprint density at radius 3 is 2.44 bits per heavy atom. The van der Waals surface area contributed by atoms with E-state index in [1.54, 1.807) is 49.6 Å². The van der Waals surface area contributed by atoms with Crippen molar-refractivity contribution < 1.29 is 19.1 Å². The van der Waals surface area contributed by atoms with Gasteiger partial charge in [0.25, 0.3) is 11.8 Å². The van der Waals surface area contributed by atoms with Crippen LogP contribution in [0.5, 0.6) is 11.5 Å². The maximum Gasteiger partial charge on any atom is 0.259 e. The van der Waals surface area contributed by atoms with E-state index < -0.39 is 5.91 Å². The molecule has 2 aromatic carbocycles. The fraction of sp³-hybridized carbons (Fsp3) is 0.167. The van der Waals surface area contributed by atoms with Crippen molar-refractivity contribution in [2.24, 2.45) is 5.10 Å². The lowest BCUT2D eigenvalue weighted by Crippen LogP contribution is -2.34. The molecule has 0 radical (unpaired) electrons. The van der Waals surface area contributed by atoms with Gasteiger partial charge in [-0.3, -0.25) is 9.59 Å². The van der Waals surface area contributed by atoms with Crippen molar-refractivity contribution in [1.82, 2.24) is 10.7 Å². The van der Waals surface area contributed by atoms with E-state index in [2.05, 4.69) is 15.8 Å². The molecule has 0 spiro atoms. The number of hydrogen-bond acceptors (Lipinski definition) is 5. The van der Waals surface area contributed by atoms with Gasteiger partial charge >= 0.3 is 0 Å². The molecule has 0 bridgehead atoms. The Bertz CT molecular complexity index is 760. The first-order valence-electron chi connectivity index (χ1n) is 7.51. The molecule has 25 heavy (non-hydrogen) atoms. The Labute approximate surface area is 145 Å². The van der Waals surface area contributed by atoms with Crippen molar-refractivity contribution in [3.8, 4) is 11.5 Å². The molecule has 7 heteroatoms. The van der Waals surface area contributed by atoms with Crippen LogP contribution in [0.4, 0.5) is 0 Å². The minimum Gasteiger partial charge on any atom is -0.493 e. The number of methoxy groups -OCH3 is 2. The molecule has 2 amide bonds. The molecule has 0 saturated carbocycles. The first-order valence-corrected chi connectivity index (χ1v) is 7.51. The lowest BCUT2D eigenvalue weighted by Gasteiger charge is -2.07. The molecule has 0 heterocycles. The van der Waals surface area contributed by atoms with E-state index in [1.165, 1.54) is 13.3 Å². The second kappa shape index (κ2) is 9.07. The van der Waals surface area contributed by atoms with Gasteiger partial charge in [-0.25, -0.2) is 5.43 Å². The smallest absolute Gasteiger partial charge is 0.259 e.